The zero-order valence-electron chi connectivity index (χ0n) is 30.6. The van der Waals surface area contributed by atoms with E-state index in [-0.39, 0.29) is 5.97 Å². The molecular formula is C42H82O2. The van der Waals surface area contributed by atoms with Crippen LogP contribution in [0.2, 0.25) is 0 Å². The first kappa shape index (κ1) is 43.2. The Kier molecular flexibility index (Phi) is 39.5. The van der Waals surface area contributed by atoms with E-state index in [0.29, 0.717) is 13.0 Å². The highest BCUT2D eigenvalue weighted by Crippen LogP contribution is 2.15. The van der Waals surface area contributed by atoms with E-state index in [1.807, 2.05) is 0 Å². The van der Waals surface area contributed by atoms with Gasteiger partial charge in [0.25, 0.3) is 0 Å². The van der Waals surface area contributed by atoms with Crippen LogP contribution in [-0.2, 0) is 9.53 Å². The summed E-state index contributed by atoms with van der Waals surface area (Å²) in [6, 6.07) is 0. The number of rotatable bonds is 38. The molecule has 0 radical (unpaired) electrons. The maximum Gasteiger partial charge on any atom is 0.305 e. The summed E-state index contributed by atoms with van der Waals surface area (Å²) in [7, 11) is 0. The van der Waals surface area contributed by atoms with Crippen molar-refractivity contribution < 1.29 is 9.53 Å². The zero-order valence-corrected chi connectivity index (χ0v) is 30.6. The lowest BCUT2D eigenvalue weighted by Gasteiger charge is -2.06. The van der Waals surface area contributed by atoms with Crippen LogP contribution >= 0.6 is 0 Å². The van der Waals surface area contributed by atoms with E-state index in [0.717, 1.165) is 12.8 Å². The van der Waals surface area contributed by atoms with Crippen LogP contribution in [0, 0.1) is 0 Å². The minimum atomic E-state index is 0.0259. The molecule has 0 aromatic carbocycles. The summed E-state index contributed by atoms with van der Waals surface area (Å²) in [6.45, 7) is 5.21. The number of ether oxygens (including phenoxy) is 1. The maximum atomic E-state index is 12.0. The standard InChI is InChI=1S/C42H82O2/c1-3-5-7-9-11-13-15-17-19-21-23-24-26-28-30-32-34-36-38-40-42(43)44-41-39-37-35-33-31-29-27-25-22-20-18-16-14-12-10-8-6-4-2/h17,19H,3-16,18,20-41H2,1-2H3. The molecule has 44 heavy (non-hydrogen) atoms. The van der Waals surface area contributed by atoms with Gasteiger partial charge in [0.05, 0.1) is 6.61 Å². The lowest BCUT2D eigenvalue weighted by Crippen LogP contribution is -2.05. The Morgan fingerprint density at radius 3 is 0.977 bits per heavy atom. The third-order valence-electron chi connectivity index (χ3n) is 9.40. The molecule has 0 aliphatic heterocycles. The molecule has 0 aliphatic carbocycles. The SMILES string of the molecule is CCCCCCCCC=CCCCCCCCCCCCC(=O)OCCCCCCCCCCCCCCCCCCCC. The molecule has 0 aliphatic rings. The summed E-state index contributed by atoms with van der Waals surface area (Å²) in [5.74, 6) is 0.0259. The summed E-state index contributed by atoms with van der Waals surface area (Å²) in [5, 5.41) is 0. The van der Waals surface area contributed by atoms with Gasteiger partial charge >= 0.3 is 5.97 Å². The average Bonchev–Trinajstić information content (AvgIpc) is 3.03. The molecule has 0 fully saturated rings. The molecule has 0 rings (SSSR count). The van der Waals surface area contributed by atoms with Gasteiger partial charge in [-0.3, -0.25) is 4.79 Å². The van der Waals surface area contributed by atoms with Crippen molar-refractivity contribution in [2.45, 2.75) is 245 Å². The van der Waals surface area contributed by atoms with Crippen molar-refractivity contribution in [3.63, 3.8) is 0 Å². The first-order valence-corrected chi connectivity index (χ1v) is 20.6. The molecule has 0 amide bonds. The first-order chi connectivity index (χ1) is 21.8. The largest absolute Gasteiger partial charge is 0.466 e. The number of hydrogen-bond acceptors (Lipinski definition) is 2. The molecule has 0 spiro atoms. The lowest BCUT2D eigenvalue weighted by atomic mass is 10.0. The van der Waals surface area contributed by atoms with E-state index < -0.39 is 0 Å². The van der Waals surface area contributed by atoms with Gasteiger partial charge in [-0.15, -0.1) is 0 Å². The van der Waals surface area contributed by atoms with Gasteiger partial charge in [-0.1, -0.05) is 212 Å². The second kappa shape index (κ2) is 40.2. The van der Waals surface area contributed by atoms with Crippen LogP contribution in [0.25, 0.3) is 0 Å². The van der Waals surface area contributed by atoms with Gasteiger partial charge in [-0.25, -0.2) is 0 Å². The molecule has 0 heterocycles. The van der Waals surface area contributed by atoms with Gasteiger partial charge in [0, 0.05) is 6.42 Å². The van der Waals surface area contributed by atoms with Gasteiger partial charge in [-0.05, 0) is 38.5 Å². The lowest BCUT2D eigenvalue weighted by molar-refractivity contribution is -0.143. The average molecular weight is 619 g/mol. The number of unbranched alkanes of at least 4 members (excludes halogenated alkanes) is 32. The molecule has 0 atom stereocenters. The van der Waals surface area contributed by atoms with E-state index in [1.54, 1.807) is 0 Å². The highest BCUT2D eigenvalue weighted by atomic mass is 16.5. The molecule has 0 aromatic heterocycles. The fraction of sp³-hybridized carbons (Fsp3) is 0.929. The Morgan fingerprint density at radius 1 is 0.364 bits per heavy atom. The van der Waals surface area contributed by atoms with Crippen molar-refractivity contribution in [3.05, 3.63) is 12.2 Å². The molecule has 0 unspecified atom stereocenters. The number of esters is 1. The van der Waals surface area contributed by atoms with Crippen LogP contribution < -0.4 is 0 Å². The highest BCUT2D eigenvalue weighted by molar-refractivity contribution is 5.69. The summed E-state index contributed by atoms with van der Waals surface area (Å²) in [6.07, 6.45) is 53.0. The highest BCUT2D eigenvalue weighted by Gasteiger charge is 2.03. The summed E-state index contributed by atoms with van der Waals surface area (Å²) < 4.78 is 5.46. The second-order valence-electron chi connectivity index (χ2n) is 14.0. The van der Waals surface area contributed by atoms with Crippen molar-refractivity contribution >= 4 is 5.97 Å². The van der Waals surface area contributed by atoms with E-state index >= 15 is 0 Å². The fourth-order valence-corrected chi connectivity index (χ4v) is 6.31. The van der Waals surface area contributed by atoms with Crippen molar-refractivity contribution in [2.24, 2.45) is 0 Å². The van der Waals surface area contributed by atoms with Gasteiger partial charge in [0.1, 0.15) is 0 Å². The second-order valence-corrected chi connectivity index (χ2v) is 14.0. The van der Waals surface area contributed by atoms with Gasteiger partial charge in [-0.2, -0.15) is 0 Å². The van der Waals surface area contributed by atoms with E-state index in [4.69, 9.17) is 4.74 Å². The third kappa shape index (κ3) is 39.2. The molecule has 0 saturated carbocycles. The number of carbonyl (C=O) groups is 1. The Morgan fingerprint density at radius 2 is 0.636 bits per heavy atom. The Hall–Kier alpha value is -0.790. The summed E-state index contributed by atoms with van der Waals surface area (Å²) in [5.41, 5.74) is 0. The smallest absolute Gasteiger partial charge is 0.305 e. The van der Waals surface area contributed by atoms with Crippen molar-refractivity contribution in [2.75, 3.05) is 6.61 Å². The third-order valence-corrected chi connectivity index (χ3v) is 9.40. The van der Waals surface area contributed by atoms with Gasteiger partial charge in [0.15, 0.2) is 0 Å². The Labute approximate surface area is 278 Å². The van der Waals surface area contributed by atoms with Crippen LogP contribution in [0.3, 0.4) is 0 Å². The van der Waals surface area contributed by atoms with Crippen molar-refractivity contribution in [1.29, 1.82) is 0 Å². The first-order valence-electron chi connectivity index (χ1n) is 20.6. The minimum Gasteiger partial charge on any atom is -0.466 e. The number of allylic oxidation sites excluding steroid dienone is 2. The van der Waals surface area contributed by atoms with Gasteiger partial charge < -0.3 is 4.74 Å². The Bertz CT molecular complexity index is 554. The molecule has 2 heteroatoms. The predicted octanol–water partition coefficient (Wildman–Crippen LogP) is 15.2. The minimum absolute atomic E-state index is 0.0259. The zero-order chi connectivity index (χ0) is 31.9. The maximum absolute atomic E-state index is 12.0. The monoisotopic (exact) mass is 619 g/mol. The normalized spacial score (nSPS) is 11.6. The molecule has 0 N–H and O–H groups in total. The molecule has 0 bridgehead atoms. The predicted molar refractivity (Wildman–Crippen MR) is 198 cm³/mol. The number of carbonyl (C=O) groups excluding carboxylic acids is 1. The van der Waals surface area contributed by atoms with Crippen LogP contribution in [0.5, 0.6) is 0 Å². The van der Waals surface area contributed by atoms with E-state index in [9.17, 15) is 4.79 Å². The topological polar surface area (TPSA) is 26.3 Å². The molecule has 0 aromatic rings. The molecule has 0 saturated heterocycles. The number of hydrogen-bond donors (Lipinski definition) is 0. The fourth-order valence-electron chi connectivity index (χ4n) is 6.31. The van der Waals surface area contributed by atoms with Crippen LogP contribution in [-0.4, -0.2) is 12.6 Å². The van der Waals surface area contributed by atoms with Crippen LogP contribution in [0.15, 0.2) is 12.2 Å². The summed E-state index contributed by atoms with van der Waals surface area (Å²) >= 11 is 0. The quantitative estimate of drug-likeness (QED) is 0.0391. The van der Waals surface area contributed by atoms with Crippen LogP contribution in [0.1, 0.15) is 245 Å². The molecule has 262 valence electrons. The Balaban J connectivity index is 3.17. The van der Waals surface area contributed by atoms with Gasteiger partial charge in [0.2, 0.25) is 0 Å². The molecular weight excluding hydrogens is 536 g/mol. The van der Waals surface area contributed by atoms with E-state index in [1.165, 1.54) is 212 Å². The summed E-state index contributed by atoms with van der Waals surface area (Å²) in [4.78, 5) is 12.0. The van der Waals surface area contributed by atoms with E-state index in [2.05, 4.69) is 26.0 Å². The van der Waals surface area contributed by atoms with Crippen molar-refractivity contribution in [1.82, 2.24) is 0 Å². The molecule has 2 nitrogen and oxygen atoms in total. The van der Waals surface area contributed by atoms with Crippen LogP contribution in [0.4, 0.5) is 0 Å². The van der Waals surface area contributed by atoms with Crippen molar-refractivity contribution in [3.8, 4) is 0 Å².